The molecule has 1 heterocycles. The van der Waals surface area contributed by atoms with Crippen molar-refractivity contribution in [3.8, 4) is 0 Å². The van der Waals surface area contributed by atoms with Gasteiger partial charge in [-0.1, -0.05) is 0 Å². The zero-order valence-electron chi connectivity index (χ0n) is 10.9. The topological polar surface area (TPSA) is 58.7 Å². The van der Waals surface area contributed by atoms with Crippen LogP contribution in [-0.2, 0) is 4.74 Å². The standard InChI is InChI=1S/C13H26N2O2/c1-11-9-15(6-3-7-17-11)12-4-2-5-13(14,8-12)10-16/h11-12,16H,2-10,14H2,1H3. The van der Waals surface area contributed by atoms with Crippen molar-refractivity contribution in [3.63, 3.8) is 0 Å². The van der Waals surface area contributed by atoms with Gasteiger partial charge in [0, 0.05) is 31.3 Å². The normalized spacial score (nSPS) is 41.1. The van der Waals surface area contributed by atoms with Crippen LogP contribution in [0.15, 0.2) is 0 Å². The van der Waals surface area contributed by atoms with Crippen LogP contribution in [0.25, 0.3) is 0 Å². The van der Waals surface area contributed by atoms with E-state index >= 15 is 0 Å². The molecule has 1 saturated carbocycles. The maximum Gasteiger partial charge on any atom is 0.0674 e. The van der Waals surface area contributed by atoms with E-state index in [1.807, 2.05) is 0 Å². The second kappa shape index (κ2) is 5.65. The number of hydrogen-bond donors (Lipinski definition) is 2. The summed E-state index contributed by atoms with van der Waals surface area (Å²) in [7, 11) is 0. The number of aliphatic hydroxyl groups is 1. The van der Waals surface area contributed by atoms with Crippen molar-refractivity contribution in [2.24, 2.45) is 5.73 Å². The summed E-state index contributed by atoms with van der Waals surface area (Å²) in [4.78, 5) is 2.52. The monoisotopic (exact) mass is 242 g/mol. The molecule has 2 aliphatic rings. The van der Waals surface area contributed by atoms with Crippen molar-refractivity contribution in [2.75, 3.05) is 26.3 Å². The fourth-order valence-corrected chi connectivity index (χ4v) is 3.18. The Hall–Kier alpha value is -0.160. The maximum absolute atomic E-state index is 9.41. The van der Waals surface area contributed by atoms with Crippen molar-refractivity contribution < 1.29 is 9.84 Å². The van der Waals surface area contributed by atoms with E-state index in [1.54, 1.807) is 0 Å². The van der Waals surface area contributed by atoms with Gasteiger partial charge in [0.1, 0.15) is 0 Å². The molecule has 2 rings (SSSR count). The molecule has 3 atom stereocenters. The highest BCUT2D eigenvalue weighted by atomic mass is 16.5. The van der Waals surface area contributed by atoms with Crippen LogP contribution < -0.4 is 5.73 Å². The summed E-state index contributed by atoms with van der Waals surface area (Å²) >= 11 is 0. The minimum atomic E-state index is -0.348. The van der Waals surface area contributed by atoms with E-state index < -0.39 is 0 Å². The SMILES string of the molecule is CC1CN(C2CCCC(N)(CO)C2)CCCO1. The van der Waals surface area contributed by atoms with E-state index in [9.17, 15) is 5.11 Å². The van der Waals surface area contributed by atoms with E-state index in [4.69, 9.17) is 10.5 Å². The number of hydrogen-bond acceptors (Lipinski definition) is 4. The highest BCUT2D eigenvalue weighted by Crippen LogP contribution is 2.30. The van der Waals surface area contributed by atoms with Crippen LogP contribution >= 0.6 is 0 Å². The molecule has 0 bridgehead atoms. The van der Waals surface area contributed by atoms with Crippen LogP contribution in [0.4, 0.5) is 0 Å². The molecule has 100 valence electrons. The predicted molar refractivity (Wildman–Crippen MR) is 67.9 cm³/mol. The first kappa shape index (κ1) is 13.3. The molecule has 4 heteroatoms. The molecule has 0 aromatic heterocycles. The Labute approximate surface area is 104 Å². The molecular weight excluding hydrogens is 216 g/mol. The number of nitrogens with zero attached hydrogens (tertiary/aromatic N) is 1. The molecule has 4 nitrogen and oxygen atoms in total. The first-order chi connectivity index (χ1) is 8.13. The Morgan fingerprint density at radius 3 is 3.06 bits per heavy atom. The van der Waals surface area contributed by atoms with Crippen molar-refractivity contribution >= 4 is 0 Å². The number of aliphatic hydroxyl groups excluding tert-OH is 1. The number of rotatable bonds is 2. The van der Waals surface area contributed by atoms with Crippen LogP contribution in [0, 0.1) is 0 Å². The minimum absolute atomic E-state index is 0.114. The quantitative estimate of drug-likeness (QED) is 0.749. The van der Waals surface area contributed by atoms with E-state index in [-0.39, 0.29) is 12.1 Å². The molecule has 3 N–H and O–H groups in total. The molecule has 0 aromatic rings. The van der Waals surface area contributed by atoms with Gasteiger partial charge in [-0.05, 0) is 39.0 Å². The second-order valence-electron chi connectivity index (χ2n) is 5.80. The molecule has 17 heavy (non-hydrogen) atoms. The van der Waals surface area contributed by atoms with Crippen molar-refractivity contribution in [1.82, 2.24) is 4.90 Å². The molecule has 2 fully saturated rings. The minimum Gasteiger partial charge on any atom is -0.394 e. The summed E-state index contributed by atoms with van der Waals surface area (Å²) in [6.45, 7) is 5.24. The Balaban J connectivity index is 1.96. The fourth-order valence-electron chi connectivity index (χ4n) is 3.18. The lowest BCUT2D eigenvalue weighted by atomic mass is 9.79. The molecule has 0 amide bonds. The van der Waals surface area contributed by atoms with Gasteiger partial charge in [-0.3, -0.25) is 4.90 Å². The van der Waals surface area contributed by atoms with E-state index in [0.29, 0.717) is 12.1 Å². The van der Waals surface area contributed by atoms with Gasteiger partial charge >= 0.3 is 0 Å². The largest absolute Gasteiger partial charge is 0.394 e. The Morgan fingerprint density at radius 2 is 2.29 bits per heavy atom. The Morgan fingerprint density at radius 1 is 1.47 bits per heavy atom. The average Bonchev–Trinajstić information content (AvgIpc) is 2.54. The van der Waals surface area contributed by atoms with Crippen LogP contribution in [0.2, 0.25) is 0 Å². The summed E-state index contributed by atoms with van der Waals surface area (Å²) in [5.74, 6) is 0. The lowest BCUT2D eigenvalue weighted by molar-refractivity contribution is 0.0430. The molecular formula is C13H26N2O2. The van der Waals surface area contributed by atoms with E-state index in [2.05, 4.69) is 11.8 Å². The lowest BCUT2D eigenvalue weighted by Crippen LogP contribution is -2.53. The summed E-state index contributed by atoms with van der Waals surface area (Å²) in [5, 5.41) is 9.41. The first-order valence-corrected chi connectivity index (χ1v) is 6.88. The zero-order chi connectivity index (χ0) is 12.3. The number of ether oxygens (including phenoxy) is 1. The van der Waals surface area contributed by atoms with Gasteiger partial charge in [0.15, 0.2) is 0 Å². The summed E-state index contributed by atoms with van der Waals surface area (Å²) in [5.41, 5.74) is 5.87. The summed E-state index contributed by atoms with van der Waals surface area (Å²) in [6, 6.07) is 0.532. The van der Waals surface area contributed by atoms with Gasteiger partial charge in [-0.2, -0.15) is 0 Å². The average molecular weight is 242 g/mol. The van der Waals surface area contributed by atoms with Gasteiger partial charge in [0.2, 0.25) is 0 Å². The summed E-state index contributed by atoms with van der Waals surface area (Å²) < 4.78 is 5.68. The maximum atomic E-state index is 9.41. The third-order valence-corrected chi connectivity index (χ3v) is 4.17. The van der Waals surface area contributed by atoms with E-state index in [1.165, 1.54) is 6.42 Å². The van der Waals surface area contributed by atoms with Crippen molar-refractivity contribution in [2.45, 2.75) is 56.7 Å². The van der Waals surface area contributed by atoms with Gasteiger partial charge in [-0.15, -0.1) is 0 Å². The molecule has 0 aromatic carbocycles. The molecule has 1 aliphatic carbocycles. The van der Waals surface area contributed by atoms with Gasteiger partial charge in [0.05, 0.1) is 12.7 Å². The van der Waals surface area contributed by atoms with E-state index in [0.717, 1.165) is 45.4 Å². The van der Waals surface area contributed by atoms with Crippen LogP contribution in [0.1, 0.15) is 39.0 Å². The first-order valence-electron chi connectivity index (χ1n) is 6.88. The number of nitrogens with two attached hydrogens (primary N) is 1. The van der Waals surface area contributed by atoms with Crippen LogP contribution in [0.5, 0.6) is 0 Å². The molecule has 0 spiro atoms. The van der Waals surface area contributed by atoms with Crippen molar-refractivity contribution in [1.29, 1.82) is 0 Å². The van der Waals surface area contributed by atoms with Crippen LogP contribution in [0.3, 0.4) is 0 Å². The Bertz CT molecular complexity index is 250. The molecule has 0 radical (unpaired) electrons. The second-order valence-corrected chi connectivity index (χ2v) is 5.80. The Kier molecular flexibility index (Phi) is 4.42. The molecule has 1 saturated heterocycles. The fraction of sp³-hybridized carbons (Fsp3) is 1.00. The van der Waals surface area contributed by atoms with Gasteiger partial charge in [0.25, 0.3) is 0 Å². The van der Waals surface area contributed by atoms with Crippen LogP contribution in [-0.4, -0.2) is 54.0 Å². The highest BCUT2D eigenvalue weighted by molar-refractivity contribution is 4.94. The summed E-state index contributed by atoms with van der Waals surface area (Å²) in [6.07, 6.45) is 5.66. The predicted octanol–water partition coefficient (Wildman–Crippen LogP) is 0.730. The smallest absolute Gasteiger partial charge is 0.0674 e. The molecule has 3 unspecified atom stereocenters. The van der Waals surface area contributed by atoms with Gasteiger partial charge in [-0.25, -0.2) is 0 Å². The lowest BCUT2D eigenvalue weighted by Gasteiger charge is -2.42. The van der Waals surface area contributed by atoms with Gasteiger partial charge < -0.3 is 15.6 Å². The zero-order valence-corrected chi connectivity index (χ0v) is 10.9. The highest BCUT2D eigenvalue weighted by Gasteiger charge is 2.35. The third kappa shape index (κ3) is 3.41. The van der Waals surface area contributed by atoms with Crippen molar-refractivity contribution in [3.05, 3.63) is 0 Å². The molecule has 1 aliphatic heterocycles. The third-order valence-electron chi connectivity index (χ3n) is 4.17.